The molecule has 13 nitrogen and oxygen atoms in total. The van der Waals surface area contributed by atoms with Crippen LogP contribution in [0.5, 0.6) is 0 Å². The molecule has 0 bridgehead atoms. The van der Waals surface area contributed by atoms with Crippen molar-refractivity contribution >= 4 is 35.4 Å². The number of urea groups is 1. The van der Waals surface area contributed by atoms with Crippen LogP contribution in [-0.2, 0) is 28.7 Å². The number of Topliss-reactive ketones (excluding diaryl/α,β-unsaturated/α-hetero) is 1. The summed E-state index contributed by atoms with van der Waals surface area (Å²) in [6.45, 7) is 19.6. The molecule has 0 aromatic rings. The Hall–Kier alpha value is -3.48. The molecule has 6 amide bonds. The van der Waals surface area contributed by atoms with Crippen LogP contribution in [0.4, 0.5) is 4.79 Å². The van der Waals surface area contributed by atoms with Crippen molar-refractivity contribution in [3.8, 4) is 0 Å². The first-order valence-electron chi connectivity index (χ1n) is 18.8. The number of hydrogen-bond acceptors (Lipinski definition) is 7. The highest BCUT2D eigenvalue weighted by Crippen LogP contribution is 2.65. The number of nitrogens with one attached hydrogen (secondary N) is 4. The highest BCUT2D eigenvalue weighted by atomic mass is 16.5. The second-order valence-electron chi connectivity index (χ2n) is 17.5. The number of ketones is 1. The molecule has 4 N–H and O–H groups in total. The van der Waals surface area contributed by atoms with E-state index in [0.29, 0.717) is 45.5 Å². The molecule has 0 spiro atoms. The number of piperidine rings is 2. The zero-order chi connectivity index (χ0) is 37.7. The minimum atomic E-state index is -1.08. The maximum atomic E-state index is 14.4. The molecule has 51 heavy (non-hydrogen) atoms. The predicted molar refractivity (Wildman–Crippen MR) is 193 cm³/mol. The molecule has 1 aliphatic carbocycles. The lowest BCUT2D eigenvalue weighted by molar-refractivity contribution is -0.144. The molecular weight excluding hydrogens is 652 g/mol. The molecule has 3 heterocycles. The average Bonchev–Trinajstić information content (AvgIpc) is 3.35. The van der Waals surface area contributed by atoms with E-state index in [9.17, 15) is 28.8 Å². The van der Waals surface area contributed by atoms with Gasteiger partial charge in [0.15, 0.2) is 0 Å². The average molecular weight is 715 g/mol. The van der Waals surface area contributed by atoms with Crippen LogP contribution in [0.3, 0.4) is 0 Å². The van der Waals surface area contributed by atoms with Crippen LogP contribution in [0, 0.1) is 28.1 Å². The molecule has 0 unspecified atom stereocenters. The summed E-state index contributed by atoms with van der Waals surface area (Å²) in [5.41, 5.74) is -0.651. The molecule has 3 saturated heterocycles. The van der Waals surface area contributed by atoms with Gasteiger partial charge in [0.25, 0.3) is 5.91 Å². The van der Waals surface area contributed by atoms with E-state index in [1.165, 1.54) is 11.0 Å². The minimum Gasteiger partial charge on any atom is -0.379 e. The van der Waals surface area contributed by atoms with Crippen LogP contribution in [-0.4, -0.2) is 109 Å². The van der Waals surface area contributed by atoms with Crippen LogP contribution < -0.4 is 21.3 Å². The van der Waals surface area contributed by atoms with E-state index in [0.717, 1.165) is 32.1 Å². The molecule has 0 radical (unpaired) electrons. The molecular formula is C38H62N6O7. The van der Waals surface area contributed by atoms with E-state index in [1.807, 2.05) is 25.7 Å². The van der Waals surface area contributed by atoms with E-state index < -0.39 is 59.1 Å². The van der Waals surface area contributed by atoms with Crippen LogP contribution in [0.2, 0.25) is 0 Å². The lowest BCUT2D eigenvalue weighted by Gasteiger charge is -2.41. The third kappa shape index (κ3) is 10.1. The van der Waals surface area contributed by atoms with Crippen LogP contribution in [0.25, 0.3) is 0 Å². The summed E-state index contributed by atoms with van der Waals surface area (Å²) in [5.74, 6) is -2.43. The molecule has 4 fully saturated rings. The Morgan fingerprint density at radius 3 is 2.41 bits per heavy atom. The molecule has 0 aromatic carbocycles. The minimum absolute atomic E-state index is 0.0587. The number of fused-ring (bicyclic) bond motifs is 3. The maximum Gasteiger partial charge on any atom is 0.315 e. The second kappa shape index (κ2) is 16.5. The van der Waals surface area contributed by atoms with Crippen molar-refractivity contribution < 1.29 is 33.5 Å². The second-order valence-corrected chi connectivity index (χ2v) is 17.5. The van der Waals surface area contributed by atoms with Gasteiger partial charge in [0.1, 0.15) is 12.1 Å². The van der Waals surface area contributed by atoms with Gasteiger partial charge in [0.05, 0.1) is 18.7 Å². The number of amides is 6. The van der Waals surface area contributed by atoms with Crippen molar-refractivity contribution in [1.29, 1.82) is 0 Å². The summed E-state index contributed by atoms with van der Waals surface area (Å²) >= 11 is 0. The van der Waals surface area contributed by atoms with Gasteiger partial charge in [-0.15, -0.1) is 6.58 Å². The smallest absolute Gasteiger partial charge is 0.315 e. The van der Waals surface area contributed by atoms with Gasteiger partial charge in [-0.05, 0) is 47.3 Å². The fraction of sp³-hybridized carbons (Fsp3) is 0.789. The van der Waals surface area contributed by atoms with Gasteiger partial charge < -0.3 is 35.8 Å². The molecule has 13 heteroatoms. The van der Waals surface area contributed by atoms with Crippen molar-refractivity contribution in [2.45, 2.75) is 124 Å². The Bertz CT molecular complexity index is 1340. The molecule has 1 saturated carbocycles. The molecule has 4 rings (SSSR count). The van der Waals surface area contributed by atoms with E-state index in [2.05, 4.69) is 55.5 Å². The number of carbonyl (C=O) groups excluding carboxylic acids is 6. The molecule has 286 valence electrons. The van der Waals surface area contributed by atoms with Gasteiger partial charge in [-0.25, -0.2) is 4.79 Å². The summed E-state index contributed by atoms with van der Waals surface area (Å²) in [5, 5.41) is 11.3. The fourth-order valence-electron chi connectivity index (χ4n) is 7.89. The predicted octanol–water partition coefficient (Wildman–Crippen LogP) is 2.93. The van der Waals surface area contributed by atoms with Gasteiger partial charge in [-0.1, -0.05) is 80.2 Å². The molecule has 6 atom stereocenters. The largest absolute Gasteiger partial charge is 0.379 e. The summed E-state index contributed by atoms with van der Waals surface area (Å²) in [7, 11) is 0. The lowest BCUT2D eigenvalue weighted by Crippen LogP contribution is -2.61. The summed E-state index contributed by atoms with van der Waals surface area (Å²) < 4.78 is 5.97. The molecule has 0 aromatic heterocycles. The first-order valence-corrected chi connectivity index (χ1v) is 18.8. The van der Waals surface area contributed by atoms with Crippen molar-refractivity contribution in [2.24, 2.45) is 28.1 Å². The van der Waals surface area contributed by atoms with Crippen molar-refractivity contribution in [1.82, 2.24) is 31.1 Å². The zero-order valence-electron chi connectivity index (χ0n) is 31.9. The number of nitrogens with zero attached hydrogens (tertiary/aromatic N) is 2. The van der Waals surface area contributed by atoms with Gasteiger partial charge >= 0.3 is 6.03 Å². The normalized spacial score (nSPS) is 29.2. The monoisotopic (exact) mass is 714 g/mol. The lowest BCUT2D eigenvalue weighted by atomic mass is 9.81. The summed E-state index contributed by atoms with van der Waals surface area (Å²) in [4.78, 5) is 84.3. The Balaban J connectivity index is 1.54. The topological polar surface area (TPSA) is 166 Å². The van der Waals surface area contributed by atoms with Gasteiger partial charge in [-0.3, -0.25) is 24.0 Å². The van der Waals surface area contributed by atoms with Crippen LogP contribution in [0.1, 0.15) is 99.8 Å². The Labute approximate surface area is 303 Å². The Kier molecular flexibility index (Phi) is 13.0. The fourth-order valence-corrected chi connectivity index (χ4v) is 7.89. The van der Waals surface area contributed by atoms with Crippen molar-refractivity contribution in [2.75, 3.05) is 39.4 Å². The van der Waals surface area contributed by atoms with Crippen LogP contribution in [0.15, 0.2) is 12.7 Å². The summed E-state index contributed by atoms with van der Waals surface area (Å²) in [6, 6.07) is -3.93. The van der Waals surface area contributed by atoms with Crippen molar-refractivity contribution in [3.63, 3.8) is 0 Å². The first-order chi connectivity index (χ1) is 23.9. The number of carbonyl (C=O) groups is 6. The van der Waals surface area contributed by atoms with Crippen molar-refractivity contribution in [3.05, 3.63) is 12.7 Å². The summed E-state index contributed by atoms with van der Waals surface area (Å²) in [6.07, 6.45) is 7.08. The van der Waals surface area contributed by atoms with Gasteiger partial charge in [0.2, 0.25) is 23.5 Å². The Morgan fingerprint density at radius 2 is 1.75 bits per heavy atom. The number of likely N-dealkylation sites (tertiary alicyclic amines) is 1. The van der Waals surface area contributed by atoms with E-state index in [4.69, 9.17) is 4.74 Å². The zero-order valence-corrected chi connectivity index (χ0v) is 31.9. The molecule has 3 aliphatic heterocycles. The van der Waals surface area contributed by atoms with Gasteiger partial charge in [0, 0.05) is 39.2 Å². The molecule has 4 aliphatic rings. The van der Waals surface area contributed by atoms with E-state index in [-0.39, 0.29) is 41.7 Å². The first kappa shape index (κ1) is 40.3. The van der Waals surface area contributed by atoms with E-state index >= 15 is 0 Å². The number of hydrogen-bond donors (Lipinski definition) is 4. The SMILES string of the molecule is C=CCNC(=O)C(=O)[C@@H]1CCCCCCCOC[C@H](NC(=O)N[C@H](CN2CCC(C)(C)CC2=O)C(C)(C)C)C(=O)N2C[C@H]3[C@@H]([C@H]2C(=O)N1)C3(C)C. The standard InChI is InChI=1S/C38H62N6O7/c1-9-17-39-33(48)31(46)25-15-13-11-10-12-14-19-51-23-26(34(49)44-21-24-29(38(24,7)8)30(44)32(47)40-25)41-35(50)42-27(36(2,3)4)22-43-18-16-37(5,6)20-28(43)45/h9,24-27,29-30H,1,10-23H2,2-8H3,(H,39,48)(H,40,47)(H2,41,42,50)/t24-,25-,26-,27+,29-,30-/m0/s1. The highest BCUT2D eigenvalue weighted by Gasteiger charge is 2.69. The Morgan fingerprint density at radius 1 is 1.06 bits per heavy atom. The van der Waals surface area contributed by atoms with E-state index in [1.54, 1.807) is 0 Å². The maximum absolute atomic E-state index is 14.4. The quantitative estimate of drug-likeness (QED) is 0.222. The highest BCUT2D eigenvalue weighted by molar-refractivity contribution is 6.38. The van der Waals surface area contributed by atoms with Crippen LogP contribution >= 0.6 is 0 Å². The van der Waals surface area contributed by atoms with Gasteiger partial charge in [-0.2, -0.15) is 0 Å². The third-order valence-corrected chi connectivity index (χ3v) is 11.5. The third-order valence-electron chi connectivity index (χ3n) is 11.5. The number of ether oxygens (including phenoxy) is 1. The number of rotatable bonds is 8.